The van der Waals surface area contributed by atoms with Crippen LogP contribution >= 0.6 is 0 Å². The summed E-state index contributed by atoms with van der Waals surface area (Å²) in [7, 11) is 0. The number of carbonyl (C=O) groups excluding carboxylic acids is 1. The Balaban J connectivity index is 1.14. The third-order valence-electron chi connectivity index (χ3n) is 6.59. The van der Waals surface area contributed by atoms with Crippen molar-refractivity contribution in [2.24, 2.45) is 5.92 Å². The van der Waals surface area contributed by atoms with Crippen molar-refractivity contribution in [1.29, 1.82) is 0 Å². The van der Waals surface area contributed by atoms with Crippen LogP contribution in [-0.2, 0) is 17.8 Å². The SMILES string of the molecule is O=C(Cc1ccc(-c2ccccc2)cc1)N1CCC(Cn2ccnc2-c2ccccc2)CC1. The Hall–Kier alpha value is -3.66. The van der Waals surface area contributed by atoms with Gasteiger partial charge in [0.05, 0.1) is 6.42 Å². The lowest BCUT2D eigenvalue weighted by Crippen LogP contribution is -2.40. The van der Waals surface area contributed by atoms with Gasteiger partial charge in [0.15, 0.2) is 0 Å². The summed E-state index contributed by atoms with van der Waals surface area (Å²) in [4.78, 5) is 19.5. The first kappa shape index (κ1) is 21.2. The highest BCUT2D eigenvalue weighted by Crippen LogP contribution is 2.24. The summed E-state index contributed by atoms with van der Waals surface area (Å²) in [6, 6.07) is 29.1. The third-order valence-corrected chi connectivity index (χ3v) is 6.59. The average molecular weight is 436 g/mol. The number of hydrogen-bond donors (Lipinski definition) is 0. The molecule has 1 fully saturated rings. The molecule has 0 aliphatic carbocycles. The van der Waals surface area contributed by atoms with Crippen LogP contribution in [0.5, 0.6) is 0 Å². The van der Waals surface area contributed by atoms with Crippen LogP contribution in [0.25, 0.3) is 22.5 Å². The summed E-state index contributed by atoms with van der Waals surface area (Å²) in [6.07, 6.45) is 6.48. The number of piperidine rings is 1. The molecule has 166 valence electrons. The van der Waals surface area contributed by atoms with Crippen LogP contribution in [-0.4, -0.2) is 33.4 Å². The van der Waals surface area contributed by atoms with Crippen molar-refractivity contribution in [3.63, 3.8) is 0 Å². The Morgan fingerprint density at radius 1 is 0.788 bits per heavy atom. The van der Waals surface area contributed by atoms with Crippen LogP contribution in [0.2, 0.25) is 0 Å². The number of rotatable bonds is 6. The van der Waals surface area contributed by atoms with Crippen molar-refractivity contribution in [2.75, 3.05) is 13.1 Å². The van der Waals surface area contributed by atoms with E-state index in [0.29, 0.717) is 12.3 Å². The van der Waals surface area contributed by atoms with E-state index in [2.05, 4.69) is 64.3 Å². The van der Waals surface area contributed by atoms with Crippen LogP contribution < -0.4 is 0 Å². The minimum atomic E-state index is 0.230. The number of benzene rings is 3. The van der Waals surface area contributed by atoms with Gasteiger partial charge in [-0.25, -0.2) is 4.98 Å². The zero-order valence-electron chi connectivity index (χ0n) is 18.8. The second-order valence-corrected chi connectivity index (χ2v) is 8.83. The molecule has 1 aliphatic heterocycles. The van der Waals surface area contributed by atoms with E-state index in [1.165, 1.54) is 11.1 Å². The summed E-state index contributed by atoms with van der Waals surface area (Å²) < 4.78 is 2.26. The second kappa shape index (κ2) is 9.86. The number of hydrogen-bond acceptors (Lipinski definition) is 2. The topological polar surface area (TPSA) is 38.1 Å². The fraction of sp³-hybridized carbons (Fsp3) is 0.241. The lowest BCUT2D eigenvalue weighted by Gasteiger charge is -2.32. The molecule has 0 unspecified atom stereocenters. The highest BCUT2D eigenvalue weighted by Gasteiger charge is 2.23. The smallest absolute Gasteiger partial charge is 0.226 e. The van der Waals surface area contributed by atoms with Crippen LogP contribution in [0.4, 0.5) is 0 Å². The lowest BCUT2D eigenvalue weighted by atomic mass is 9.96. The highest BCUT2D eigenvalue weighted by molar-refractivity contribution is 5.79. The number of aromatic nitrogens is 2. The van der Waals surface area contributed by atoms with Crippen molar-refractivity contribution in [3.05, 3.63) is 103 Å². The van der Waals surface area contributed by atoms with Gasteiger partial charge in [-0.3, -0.25) is 4.79 Å². The van der Waals surface area contributed by atoms with E-state index in [1.54, 1.807) is 0 Å². The average Bonchev–Trinajstić information content (AvgIpc) is 3.34. The number of likely N-dealkylation sites (tertiary alicyclic amines) is 1. The van der Waals surface area contributed by atoms with Crippen molar-refractivity contribution in [1.82, 2.24) is 14.5 Å². The van der Waals surface area contributed by atoms with Crippen LogP contribution in [0.15, 0.2) is 97.3 Å². The van der Waals surface area contributed by atoms with Gasteiger partial charge in [-0.1, -0.05) is 84.9 Å². The molecule has 4 heteroatoms. The number of imidazole rings is 1. The predicted octanol–water partition coefficient (Wildman–Crippen LogP) is 5.70. The molecule has 33 heavy (non-hydrogen) atoms. The molecule has 1 amide bonds. The standard InChI is InChI=1S/C29H29N3O/c33-28(21-23-11-13-26(14-12-23)25-7-3-1-4-8-25)31-18-15-24(16-19-31)22-32-20-17-30-29(32)27-9-5-2-6-10-27/h1-14,17,20,24H,15-16,18-19,21-22H2. The molecule has 1 aliphatic rings. The number of amides is 1. The molecule has 1 aromatic heterocycles. The summed E-state index contributed by atoms with van der Waals surface area (Å²) in [5, 5.41) is 0. The quantitative estimate of drug-likeness (QED) is 0.390. The molecule has 1 saturated heterocycles. The zero-order chi connectivity index (χ0) is 22.5. The summed E-state index contributed by atoms with van der Waals surface area (Å²) in [5.41, 5.74) is 4.61. The first-order chi connectivity index (χ1) is 16.3. The van der Waals surface area contributed by atoms with Crippen LogP contribution in [0.3, 0.4) is 0 Å². The molecule has 0 N–H and O–H groups in total. The number of carbonyl (C=O) groups is 1. The summed E-state index contributed by atoms with van der Waals surface area (Å²) in [5.74, 6) is 1.82. The Labute approximate surface area is 195 Å². The molecule has 0 atom stereocenters. The molecule has 2 heterocycles. The molecule has 0 bridgehead atoms. The van der Waals surface area contributed by atoms with Gasteiger partial charge >= 0.3 is 0 Å². The lowest BCUT2D eigenvalue weighted by molar-refractivity contribution is -0.131. The van der Waals surface area contributed by atoms with Crippen molar-refractivity contribution >= 4 is 5.91 Å². The maximum atomic E-state index is 12.9. The fourth-order valence-corrected chi connectivity index (χ4v) is 4.68. The molecular weight excluding hydrogens is 406 g/mol. The maximum absolute atomic E-state index is 12.9. The third kappa shape index (κ3) is 5.06. The Morgan fingerprint density at radius 3 is 2.06 bits per heavy atom. The minimum absolute atomic E-state index is 0.230. The van der Waals surface area contributed by atoms with Gasteiger partial charge in [-0.2, -0.15) is 0 Å². The van der Waals surface area contributed by atoms with Crippen molar-refractivity contribution in [3.8, 4) is 22.5 Å². The Morgan fingerprint density at radius 2 is 1.39 bits per heavy atom. The Bertz CT molecular complexity index is 1170. The van der Waals surface area contributed by atoms with Crippen LogP contribution in [0, 0.1) is 5.92 Å². The highest BCUT2D eigenvalue weighted by atomic mass is 16.2. The van der Waals surface area contributed by atoms with E-state index in [9.17, 15) is 4.79 Å². The summed E-state index contributed by atoms with van der Waals surface area (Å²) >= 11 is 0. The van der Waals surface area contributed by atoms with Gasteiger partial charge < -0.3 is 9.47 Å². The zero-order valence-corrected chi connectivity index (χ0v) is 18.8. The molecule has 0 radical (unpaired) electrons. The first-order valence-electron chi connectivity index (χ1n) is 11.7. The predicted molar refractivity (Wildman–Crippen MR) is 133 cm³/mol. The summed E-state index contributed by atoms with van der Waals surface area (Å²) in [6.45, 7) is 2.62. The second-order valence-electron chi connectivity index (χ2n) is 8.83. The molecule has 3 aromatic carbocycles. The maximum Gasteiger partial charge on any atom is 0.226 e. The monoisotopic (exact) mass is 435 g/mol. The van der Waals surface area contributed by atoms with E-state index in [4.69, 9.17) is 0 Å². The molecular formula is C29H29N3O. The molecule has 5 rings (SSSR count). The Kier molecular flexibility index (Phi) is 6.34. The van der Waals surface area contributed by atoms with Gasteiger partial charge in [0.1, 0.15) is 5.82 Å². The van der Waals surface area contributed by atoms with Gasteiger partial charge in [-0.05, 0) is 35.4 Å². The van der Waals surface area contributed by atoms with E-state index in [1.807, 2.05) is 47.5 Å². The fourth-order valence-electron chi connectivity index (χ4n) is 4.68. The van der Waals surface area contributed by atoms with E-state index < -0.39 is 0 Å². The molecule has 0 spiro atoms. The van der Waals surface area contributed by atoms with Crippen LogP contribution in [0.1, 0.15) is 18.4 Å². The van der Waals surface area contributed by atoms with Gasteiger partial charge in [0, 0.05) is 37.6 Å². The van der Waals surface area contributed by atoms with E-state index in [0.717, 1.165) is 49.4 Å². The molecule has 4 nitrogen and oxygen atoms in total. The first-order valence-corrected chi connectivity index (χ1v) is 11.7. The van der Waals surface area contributed by atoms with E-state index in [-0.39, 0.29) is 5.91 Å². The largest absolute Gasteiger partial charge is 0.342 e. The van der Waals surface area contributed by atoms with Gasteiger partial charge in [0.25, 0.3) is 0 Å². The van der Waals surface area contributed by atoms with Crippen molar-refractivity contribution < 1.29 is 4.79 Å². The van der Waals surface area contributed by atoms with Gasteiger partial charge in [-0.15, -0.1) is 0 Å². The molecule has 0 saturated carbocycles. The van der Waals surface area contributed by atoms with Gasteiger partial charge in [0.2, 0.25) is 5.91 Å². The molecule has 4 aromatic rings. The minimum Gasteiger partial charge on any atom is -0.342 e. The van der Waals surface area contributed by atoms with E-state index >= 15 is 0 Å². The number of nitrogens with zero attached hydrogens (tertiary/aromatic N) is 3. The van der Waals surface area contributed by atoms with Crippen molar-refractivity contribution in [2.45, 2.75) is 25.8 Å². The normalized spacial score (nSPS) is 14.4.